The van der Waals surface area contributed by atoms with Gasteiger partial charge < -0.3 is 135 Å². The fraction of sp³-hybridized carbons (Fsp3) is 0.747. The highest BCUT2D eigenvalue weighted by atomic mass is 19.1. The number of para-hydroxylation sites is 1. The van der Waals surface area contributed by atoms with Gasteiger partial charge in [-0.2, -0.15) is 0 Å². The first-order valence-electron chi connectivity index (χ1n) is 40.5. The number of anilines is 1. The molecule has 7 aliphatic heterocycles. The highest BCUT2D eigenvalue weighted by Gasteiger charge is 2.42. The van der Waals surface area contributed by atoms with Crippen molar-refractivity contribution in [2.75, 3.05) is 130 Å². The molecule has 0 saturated carbocycles. The fourth-order valence-electron chi connectivity index (χ4n) is 15.3. The van der Waals surface area contributed by atoms with Crippen LogP contribution in [0.25, 0.3) is 0 Å². The Kier molecular flexibility index (Phi) is 46.4. The van der Waals surface area contributed by atoms with E-state index in [9.17, 15) is 125 Å². The predicted molar refractivity (Wildman–Crippen MR) is 431 cm³/mol. The third kappa shape index (κ3) is 33.0. The number of halogens is 2. The second kappa shape index (κ2) is 52.5. The van der Waals surface area contributed by atoms with Crippen LogP contribution in [0.4, 0.5) is 25.8 Å². The molecule has 7 aliphatic rings. The third-order valence-electron chi connectivity index (χ3n) is 22.1. The second-order valence-electron chi connectivity index (χ2n) is 32.7. The molecule has 27 N–H and O–H groups in total. The van der Waals surface area contributed by atoms with Crippen molar-refractivity contribution in [1.82, 2.24) is 35.1 Å². The van der Waals surface area contributed by atoms with Gasteiger partial charge in [0.1, 0.15) is 12.3 Å². The maximum absolute atomic E-state index is 13.1. The zero-order valence-corrected chi connectivity index (χ0v) is 68.5. The summed E-state index contributed by atoms with van der Waals surface area (Å²) in [5.41, 5.74) is 20.5. The Morgan fingerprint density at radius 1 is 0.441 bits per heavy atom. The van der Waals surface area contributed by atoms with Crippen LogP contribution in [-0.2, 0) is 29.2 Å². The number of nitrogen functional groups attached to an aromatic ring is 1. The number of benzene rings is 3. The van der Waals surface area contributed by atoms with Crippen molar-refractivity contribution in [3.63, 3.8) is 0 Å². The number of nitro groups is 2. The normalized spacial score (nSPS) is 31.2. The van der Waals surface area contributed by atoms with Crippen LogP contribution in [0.2, 0.25) is 0 Å². The Labute approximate surface area is 688 Å². The molecule has 7 fully saturated rings. The Hall–Kier alpha value is -5.98. The van der Waals surface area contributed by atoms with Gasteiger partial charge in [-0.1, -0.05) is 84.0 Å². The minimum atomic E-state index is -1.03. The van der Waals surface area contributed by atoms with Crippen molar-refractivity contribution in [3.8, 4) is 0 Å². The number of rotatable bonds is 23. The van der Waals surface area contributed by atoms with Crippen LogP contribution in [0.5, 0.6) is 0 Å². The molecule has 10 rings (SSSR count). The summed E-state index contributed by atoms with van der Waals surface area (Å²) in [6, 6.07) is 19.2. The first kappa shape index (κ1) is 104. The van der Waals surface area contributed by atoms with Crippen LogP contribution < -0.4 is 27.8 Å². The van der Waals surface area contributed by atoms with Crippen molar-refractivity contribution >= 4 is 28.9 Å². The van der Waals surface area contributed by atoms with E-state index in [1.54, 1.807) is 49.1 Å². The van der Waals surface area contributed by atoms with Gasteiger partial charge in [0, 0.05) is 202 Å². The van der Waals surface area contributed by atoms with E-state index in [0.29, 0.717) is 121 Å². The maximum atomic E-state index is 13.1. The van der Waals surface area contributed by atoms with E-state index in [0.717, 1.165) is 11.1 Å². The highest BCUT2D eigenvalue weighted by molar-refractivity contribution is 5.82. The molecule has 25 atom stereocenters. The lowest BCUT2D eigenvalue weighted by atomic mass is 9.89. The summed E-state index contributed by atoms with van der Waals surface area (Å²) in [7, 11) is 0. The molecule has 3 aromatic carbocycles. The Bertz CT molecular complexity index is 3300. The number of aliphatic hydroxyl groups is 19. The summed E-state index contributed by atoms with van der Waals surface area (Å²) in [5.74, 6) is -2.91. The van der Waals surface area contributed by atoms with Crippen LogP contribution in [0.3, 0.4) is 0 Å². The van der Waals surface area contributed by atoms with Gasteiger partial charge in [0.15, 0.2) is 0 Å². The van der Waals surface area contributed by atoms with E-state index in [1.807, 2.05) is 61.8 Å². The first-order valence-corrected chi connectivity index (χ1v) is 40.5. The zero-order chi connectivity index (χ0) is 88.5. The first-order chi connectivity index (χ1) is 55.7. The van der Waals surface area contributed by atoms with Crippen LogP contribution in [0, 0.1) is 73.5 Å². The molecular weight excluding hydrogens is 1550 g/mol. The number of alkyl halides is 2. The average Bonchev–Trinajstić information content (AvgIpc) is 0.812. The molecule has 676 valence electrons. The van der Waals surface area contributed by atoms with Crippen LogP contribution in [0.1, 0.15) is 83.9 Å². The maximum Gasteiger partial charge on any atom is 0.273 e. The number of nitrogens with two attached hydrogens (primary N) is 3. The number of amides is 2. The molecule has 37 nitrogen and oxygen atoms in total. The van der Waals surface area contributed by atoms with E-state index >= 15 is 0 Å². The summed E-state index contributed by atoms with van der Waals surface area (Å²) in [6.45, 7) is 16.3. The van der Waals surface area contributed by atoms with Crippen molar-refractivity contribution in [2.45, 2.75) is 197 Å². The van der Waals surface area contributed by atoms with Crippen LogP contribution >= 0.6 is 0 Å². The number of hydrogen-bond acceptors (Lipinski definition) is 33. The largest absolute Gasteiger partial charge is 0.399 e. The number of carbonyl (C=O) groups excluding carboxylic acids is 2. The van der Waals surface area contributed by atoms with Gasteiger partial charge >= 0.3 is 0 Å². The molecule has 0 unspecified atom stereocenters. The molecule has 39 heteroatoms. The molecule has 0 bridgehead atoms. The smallest absolute Gasteiger partial charge is 0.273 e. The van der Waals surface area contributed by atoms with Crippen molar-refractivity contribution in [3.05, 3.63) is 110 Å². The average molecular weight is 1690 g/mol. The van der Waals surface area contributed by atoms with Crippen molar-refractivity contribution in [1.29, 1.82) is 0 Å². The van der Waals surface area contributed by atoms with Gasteiger partial charge in [0.05, 0.1) is 121 Å². The van der Waals surface area contributed by atoms with Gasteiger partial charge in [-0.3, -0.25) is 44.5 Å². The number of nitro benzene ring substituents is 2. The molecule has 0 spiro atoms. The van der Waals surface area contributed by atoms with Gasteiger partial charge in [0.25, 0.3) is 11.4 Å². The van der Waals surface area contributed by atoms with Gasteiger partial charge in [-0.15, -0.1) is 0 Å². The standard InChI is InChI=1S/2C13H18N2O5.C13H20N2O3.2C12H24N2O4.2C8H16FNO2/c16-8-10-6-14(7-12(17)13(10)18)5-9-2-1-3-11(4-9)15(19)20;16-8-10-6-14(7-12(17)13(10)18)5-9-3-1-2-4-11(9)15(19)20;14-11-3-1-2-9(4-11)5-15-6-10(8-16)13(18)12(17)7-15;2*1-7(2)3-9(13)12(18)14-4-8(6-15)11(17)10(16)5-14;2*1-2-6(9)5-3-10-4-7(11)8(5)12/h2*1-4,10,12-13,16-18H,5-8H2;1-4,10,12-13,16-18H,5-8,14H2;2*7-11,15-17H,3-6,13H2,1-2H3;2*5-8,10-12H,2-4H2,1H3/t3*10-,12-,13-;8-,9+,10-,11-;8-,9-,10-,11-;5-,6+,7-,8-;5-,6-,7-,8-/m1111111/s1. The number of β-amino-alcohol motifs (C(OH)–C–C–N with tert-alkyl or cyclic N) is 7. The van der Waals surface area contributed by atoms with Crippen molar-refractivity contribution in [2.24, 2.45) is 64.7 Å². The molecule has 3 aromatic rings. The summed E-state index contributed by atoms with van der Waals surface area (Å²) in [4.78, 5) is 53.5. The molecule has 2 amide bonds. The van der Waals surface area contributed by atoms with Gasteiger partial charge in [-0.25, -0.2) is 8.78 Å². The number of hydrogen-bond donors (Lipinski definition) is 24. The summed E-state index contributed by atoms with van der Waals surface area (Å²) in [6.07, 6.45) is -13.0. The number of piperidine rings is 7. The number of non-ortho nitro benzene ring substituents is 1. The monoisotopic (exact) mass is 1690 g/mol. The molecule has 0 aromatic heterocycles. The number of aliphatic hydroxyl groups excluding tert-OH is 19. The van der Waals surface area contributed by atoms with Crippen molar-refractivity contribution < 1.29 is 125 Å². The minimum absolute atomic E-state index is 0.0267. The van der Waals surface area contributed by atoms with E-state index in [-0.39, 0.29) is 101 Å². The summed E-state index contributed by atoms with van der Waals surface area (Å²) in [5, 5.41) is 208. The van der Waals surface area contributed by atoms with Gasteiger partial charge in [-0.05, 0) is 60.8 Å². The number of nitrogens with one attached hydrogen (secondary N) is 2. The third-order valence-corrected chi connectivity index (χ3v) is 22.1. The molecule has 0 aliphatic carbocycles. The lowest BCUT2D eigenvalue weighted by molar-refractivity contribution is -0.385. The summed E-state index contributed by atoms with van der Waals surface area (Å²) >= 11 is 0. The summed E-state index contributed by atoms with van der Waals surface area (Å²) < 4.78 is 26.3. The van der Waals surface area contributed by atoms with E-state index in [4.69, 9.17) is 27.4 Å². The minimum Gasteiger partial charge on any atom is -0.399 e. The fourth-order valence-corrected chi connectivity index (χ4v) is 15.3. The Balaban J connectivity index is 0.000000292. The van der Waals surface area contributed by atoms with Gasteiger partial charge in [0.2, 0.25) is 11.8 Å². The zero-order valence-electron chi connectivity index (χ0n) is 68.5. The lowest BCUT2D eigenvalue weighted by Gasteiger charge is -2.39. The van der Waals surface area contributed by atoms with Crippen LogP contribution in [-0.4, -0.2) is 378 Å². The lowest BCUT2D eigenvalue weighted by Crippen LogP contribution is -2.58. The predicted octanol–water partition coefficient (Wildman–Crippen LogP) is -4.69. The van der Waals surface area contributed by atoms with E-state index in [2.05, 4.69) is 10.6 Å². The quantitative estimate of drug-likeness (QED) is 0.0241. The van der Waals surface area contributed by atoms with E-state index in [1.165, 1.54) is 28.0 Å². The number of nitrogens with zero attached hydrogens (tertiary/aromatic N) is 7. The Morgan fingerprint density at radius 3 is 1.12 bits per heavy atom. The molecular formula is C79H136F2N12O25. The van der Waals surface area contributed by atoms with Crippen LogP contribution in [0.15, 0.2) is 72.8 Å². The molecule has 7 heterocycles. The highest BCUT2D eigenvalue weighted by Crippen LogP contribution is 2.29. The topological polar surface area (TPSA) is 623 Å². The molecule has 7 saturated heterocycles. The van der Waals surface area contributed by atoms with E-state index < -0.39 is 155 Å². The SMILES string of the molecule is CC(C)C[C@@H](N)C(=O)N1C[C@H](CO)[C@@H](O)[C@H](O)C1.CC(C)C[C@H](N)C(=O)N1C[C@H](CO)[C@@H](O)[C@H](O)C1.CC[C@@H](F)[C@H]1CNC[C@@H](O)[C@@H]1O.CC[C@H](F)[C@H]1CNC[C@@H](O)[C@@H]1O.Nc1cccc(CN2C[C@H](CO)[C@@H](O)[C@H](O)C2)c1.O=[N+]([O-])c1cccc(CN2C[C@H](CO)[C@@H](O)[C@H](O)C2)c1.O=[N+]([O-])c1ccccc1CN1C[C@H](CO)[C@@H](O)[C@H](O)C1. The Morgan fingerprint density at radius 2 is 0.780 bits per heavy atom. The molecule has 0 radical (unpaired) electrons. The number of likely N-dealkylation sites (tertiary alicyclic amines) is 5. The molecule has 118 heavy (non-hydrogen) atoms. The number of carbonyl (C=O) groups is 2. The second-order valence-corrected chi connectivity index (χ2v) is 32.7.